The zero-order valence-electron chi connectivity index (χ0n) is 22.9. The summed E-state index contributed by atoms with van der Waals surface area (Å²) in [4.78, 5) is 0. The molecule has 0 N–H and O–H groups in total. The third-order valence-corrected chi connectivity index (χ3v) is 7.03. The number of hydrogen-bond donors (Lipinski definition) is 0. The second-order valence-electron chi connectivity index (χ2n) is 9.65. The average molecular weight is 600 g/mol. The van der Waals surface area contributed by atoms with Crippen molar-refractivity contribution in [1.82, 2.24) is 0 Å². The molecule has 6 nitrogen and oxygen atoms in total. The Balaban J connectivity index is 0.000000113. The van der Waals surface area contributed by atoms with Crippen molar-refractivity contribution < 1.29 is 16.8 Å². The zero-order chi connectivity index (χ0) is 28.1. The molecule has 0 saturated heterocycles. The van der Waals surface area contributed by atoms with E-state index in [9.17, 15) is 0 Å². The van der Waals surface area contributed by atoms with Crippen LogP contribution in [-0.2, 0) is 16.8 Å². The number of allylic oxidation sites excluding steroid dienone is 6. The second-order valence-corrected chi connectivity index (χ2v) is 9.65. The number of fused-ring (bicyclic) bond motifs is 9. The fraction of sp³-hybridized carbons (Fsp3) is 0. The summed E-state index contributed by atoms with van der Waals surface area (Å²) < 4.78 is 0. The fourth-order valence-electron chi connectivity index (χ4n) is 5.04. The molecule has 6 aliphatic heterocycles. The summed E-state index contributed by atoms with van der Waals surface area (Å²) in [6, 6.07) is 12.5. The first-order chi connectivity index (χ1) is 20.8. The van der Waals surface area contributed by atoms with Gasteiger partial charge in [-0.1, -0.05) is 109 Å². The zero-order valence-corrected chi connectivity index (χ0v) is 23.9. The summed E-state index contributed by atoms with van der Waals surface area (Å²) in [7, 11) is 0. The van der Waals surface area contributed by atoms with Gasteiger partial charge in [-0.05, 0) is 31.3 Å². The molecule has 0 saturated carbocycles. The number of nitrogens with zero attached hydrogens (tertiary/aromatic N) is 6. The molecule has 213 valence electrons. The summed E-state index contributed by atoms with van der Waals surface area (Å²) in [5, 5.41) is 32.9. The molecule has 43 heavy (non-hydrogen) atoms. The van der Waals surface area contributed by atoms with E-state index >= 15 is 0 Å². The number of benzene rings is 3. The molecule has 0 aliphatic carbocycles. The van der Waals surface area contributed by atoms with Gasteiger partial charge in [-0.3, -0.25) is 0 Å². The van der Waals surface area contributed by atoms with Crippen LogP contribution in [0.5, 0.6) is 0 Å². The molecule has 0 atom stereocenters. The molecule has 0 aromatic heterocycles. The van der Waals surface area contributed by atoms with Crippen LogP contribution < -0.4 is 31.3 Å². The van der Waals surface area contributed by atoms with Crippen LogP contribution in [0.15, 0.2) is 110 Å². The van der Waals surface area contributed by atoms with E-state index in [1.54, 1.807) is 37.2 Å². The molecule has 0 unspecified atom stereocenters. The first-order valence-corrected chi connectivity index (χ1v) is 13.6. The van der Waals surface area contributed by atoms with Crippen molar-refractivity contribution >= 4 is 70.6 Å². The van der Waals surface area contributed by atoms with Crippen LogP contribution in [0.1, 0.15) is 0 Å². The smallest absolute Gasteiger partial charge is 0 e. The Labute approximate surface area is 259 Å². The predicted molar refractivity (Wildman–Crippen MR) is 177 cm³/mol. The van der Waals surface area contributed by atoms with Crippen molar-refractivity contribution in [2.24, 2.45) is 0 Å². The van der Waals surface area contributed by atoms with Gasteiger partial charge in [-0.25, -0.2) is 0 Å². The molecular weight excluding hydrogens is 575 g/mol. The maximum Gasteiger partial charge on any atom is 0 e. The third kappa shape index (κ3) is 5.72. The van der Waals surface area contributed by atoms with Gasteiger partial charge in [-0.15, -0.1) is 34.1 Å². The van der Waals surface area contributed by atoms with Gasteiger partial charge < -0.3 is 31.9 Å². The predicted octanol–water partition coefficient (Wildman–Crippen LogP) is 6.94. The van der Waals surface area contributed by atoms with Gasteiger partial charge in [0.1, 0.15) is 0 Å². The average Bonchev–Trinajstić information content (AvgIpc) is 3.09. The minimum Gasteiger partial charge on any atom is -0.665 e. The Morgan fingerprint density at radius 2 is 0.419 bits per heavy atom. The van der Waals surface area contributed by atoms with Crippen LogP contribution in [0.4, 0.5) is 34.1 Å². The molecule has 7 heteroatoms. The molecule has 0 fully saturated rings. The summed E-state index contributed by atoms with van der Waals surface area (Å²) in [6.07, 6.45) is 34.8. The van der Waals surface area contributed by atoms with E-state index in [1.165, 1.54) is 0 Å². The fourth-order valence-corrected chi connectivity index (χ4v) is 5.04. The number of rotatable bonds is 0. The molecule has 6 heterocycles. The standard InChI is InChI=1S/3C12H8N2.Co/c3*1-3-9-5-6-10-4-2-8-14-12(10)11(9)13-7-1;/h3*1-8H;/q3*-2;. The molecule has 3 aromatic rings. The van der Waals surface area contributed by atoms with Gasteiger partial charge in [0.25, 0.3) is 0 Å². The largest absolute Gasteiger partial charge is 0.665 e. The van der Waals surface area contributed by atoms with E-state index in [1.807, 2.05) is 36.5 Å². The van der Waals surface area contributed by atoms with Crippen molar-refractivity contribution in [3.8, 4) is 0 Å². The molecule has 0 spiro atoms. The van der Waals surface area contributed by atoms with Gasteiger partial charge in [-0.2, -0.15) is 37.2 Å². The molecular formula is C36H24CoN6-6. The Hall–Kier alpha value is -5.37. The van der Waals surface area contributed by atoms with E-state index < -0.39 is 0 Å². The molecule has 3 aromatic carbocycles. The Kier molecular flexibility index (Phi) is 8.17. The van der Waals surface area contributed by atoms with E-state index in [-0.39, 0.29) is 16.8 Å². The molecule has 1 radical (unpaired) electrons. The Morgan fingerprint density at radius 1 is 0.256 bits per heavy atom. The van der Waals surface area contributed by atoms with E-state index in [4.69, 9.17) is 0 Å². The van der Waals surface area contributed by atoms with Gasteiger partial charge >= 0.3 is 0 Å². The number of hydrogen-bond acceptors (Lipinski definition) is 0. The van der Waals surface area contributed by atoms with Crippen molar-refractivity contribution in [1.29, 1.82) is 0 Å². The summed E-state index contributed by atoms with van der Waals surface area (Å²) in [5.74, 6) is 0. The van der Waals surface area contributed by atoms with Crippen molar-refractivity contribution in [2.45, 2.75) is 0 Å². The van der Waals surface area contributed by atoms with Gasteiger partial charge in [0, 0.05) is 16.8 Å². The van der Waals surface area contributed by atoms with Crippen LogP contribution in [-0.4, -0.2) is 0 Å². The van der Waals surface area contributed by atoms with Crippen LogP contribution in [0.2, 0.25) is 0 Å². The summed E-state index contributed by atoms with van der Waals surface area (Å²) in [6.45, 7) is 0. The van der Waals surface area contributed by atoms with Crippen LogP contribution in [0.3, 0.4) is 0 Å². The maximum atomic E-state index is 4.35. The quantitative estimate of drug-likeness (QED) is 0.268. The maximum absolute atomic E-state index is 4.35. The second kappa shape index (κ2) is 12.6. The molecule has 9 rings (SSSR count). The van der Waals surface area contributed by atoms with Crippen molar-refractivity contribution in [3.05, 3.63) is 173 Å². The van der Waals surface area contributed by atoms with Crippen molar-refractivity contribution in [2.75, 3.05) is 0 Å². The Morgan fingerprint density at radius 3 is 0.581 bits per heavy atom. The van der Waals surface area contributed by atoms with E-state index in [0.717, 1.165) is 65.4 Å². The van der Waals surface area contributed by atoms with E-state index in [0.29, 0.717) is 0 Å². The van der Waals surface area contributed by atoms with Gasteiger partial charge in [0.05, 0.1) is 0 Å². The Bertz CT molecular complexity index is 1750. The first kappa shape index (κ1) is 27.8. The summed E-state index contributed by atoms with van der Waals surface area (Å²) in [5.41, 5.74) is 5.86. The van der Waals surface area contributed by atoms with Crippen LogP contribution in [0.25, 0.3) is 68.4 Å². The van der Waals surface area contributed by atoms with Crippen LogP contribution >= 0.6 is 0 Å². The minimum absolute atomic E-state index is 0. The first-order valence-electron chi connectivity index (χ1n) is 13.6. The monoisotopic (exact) mass is 599 g/mol. The molecule has 6 aliphatic rings. The minimum atomic E-state index is 0. The van der Waals surface area contributed by atoms with E-state index in [2.05, 4.69) is 105 Å². The molecule has 0 amide bonds. The van der Waals surface area contributed by atoms with Crippen molar-refractivity contribution in [3.63, 3.8) is 0 Å². The topological polar surface area (TPSA) is 84.6 Å². The van der Waals surface area contributed by atoms with Crippen LogP contribution in [0, 0.1) is 0 Å². The normalized spacial score (nSPS) is 15.1. The van der Waals surface area contributed by atoms with Gasteiger partial charge in [0.2, 0.25) is 0 Å². The third-order valence-electron chi connectivity index (χ3n) is 7.03. The molecule has 0 bridgehead atoms. The summed E-state index contributed by atoms with van der Waals surface area (Å²) >= 11 is 0. The SMILES string of the molecule is C1=C[N-]c2c3c(ccc2=C1)=CC=C[N-]3.C1=C[N-]c2c3c(ccc2=C1)=CC=C[N-]3.C1=C[N-]c2c3c(ccc2=C1)=CC=C[N-]3.[Co]. The van der Waals surface area contributed by atoms with Gasteiger partial charge in [0.15, 0.2) is 0 Å².